The standard InChI is InChI=1S/C3H9O3P.4CO.Fe/c1-4-7(5-2)6-3;4*1-2;/h1-3H3;;;;;. The van der Waals surface area contributed by atoms with Crippen molar-refractivity contribution < 1.29 is 49.8 Å². The molecule has 0 spiro atoms. The summed E-state index contributed by atoms with van der Waals surface area (Å²) in [5.41, 5.74) is 0. The molecule has 9 heteroatoms. The molecule has 0 atom stereocenters. The number of rotatable bonds is 3. The Morgan fingerprint density at radius 3 is 0.750 bits per heavy atom. The first-order valence-electron chi connectivity index (χ1n) is 2.59. The van der Waals surface area contributed by atoms with Crippen molar-refractivity contribution >= 4 is 35.8 Å². The Bertz CT molecular complexity index is 73.6. The Balaban J connectivity index is -0.0000000238. The normalized spacial score (nSPS) is 5.50. The van der Waals surface area contributed by atoms with Gasteiger partial charge in [-0.25, -0.2) is 0 Å². The summed E-state index contributed by atoms with van der Waals surface area (Å²) in [5.74, 6) is 0. The van der Waals surface area contributed by atoms with Gasteiger partial charge in [-0.2, -0.15) is 0 Å². The third-order valence-corrected chi connectivity index (χ3v) is 1.34. The Labute approximate surface area is 107 Å². The molecule has 0 aliphatic carbocycles. The largest absolute Gasteiger partial charge is 0.331 e. The fraction of sp³-hybridized carbons (Fsp3) is 0.429. The topological polar surface area (TPSA) is 96.0 Å². The van der Waals surface area contributed by atoms with Gasteiger partial charge in [-0.05, 0) is 0 Å². The molecular formula is C7H9FeO7P. The smallest absolute Gasteiger partial charge is 0.316 e. The van der Waals surface area contributed by atoms with Gasteiger partial charge in [0.15, 0.2) is 0 Å². The van der Waals surface area contributed by atoms with Gasteiger partial charge in [0.1, 0.15) is 0 Å². The molecular weight excluding hydrogens is 283 g/mol. The van der Waals surface area contributed by atoms with Crippen LogP contribution in [0.4, 0.5) is 0 Å². The maximum atomic E-state index is 7.50. The van der Waals surface area contributed by atoms with Gasteiger partial charge in [0.05, 0.1) is 0 Å². The number of hydrogen-bond donors (Lipinski definition) is 0. The van der Waals surface area contributed by atoms with Crippen molar-refractivity contribution in [3.8, 4) is 0 Å². The van der Waals surface area contributed by atoms with E-state index < -0.39 is 8.60 Å². The number of hydrogen-bond acceptors (Lipinski definition) is 7. The third-order valence-electron chi connectivity index (χ3n) is 0.447. The van der Waals surface area contributed by atoms with Crippen molar-refractivity contribution in [3.63, 3.8) is 0 Å². The van der Waals surface area contributed by atoms with Crippen LogP contribution in [0.2, 0.25) is 0 Å². The van der Waals surface area contributed by atoms with Crippen molar-refractivity contribution in [1.82, 2.24) is 0 Å². The Kier molecular flexibility index (Phi) is 197. The zero-order valence-corrected chi connectivity index (χ0v) is 10.7. The zero-order chi connectivity index (χ0) is 13.7. The predicted molar refractivity (Wildman–Crippen MR) is 50.7 cm³/mol. The van der Waals surface area contributed by atoms with Crippen molar-refractivity contribution in [2.75, 3.05) is 21.3 Å². The molecule has 0 bridgehead atoms. The van der Waals surface area contributed by atoms with Crippen LogP contribution >= 0.6 is 8.60 Å². The first kappa shape index (κ1) is 36.1. The van der Waals surface area contributed by atoms with Gasteiger partial charge < -0.3 is 13.6 Å². The molecule has 16 heavy (non-hydrogen) atoms. The second-order valence-corrected chi connectivity index (χ2v) is 2.31. The summed E-state index contributed by atoms with van der Waals surface area (Å²) >= 11 is 0. The molecule has 7 nitrogen and oxygen atoms in total. The maximum absolute atomic E-state index is 7.50. The van der Waals surface area contributed by atoms with E-state index in [0.717, 1.165) is 0 Å². The van der Waals surface area contributed by atoms with Crippen LogP contribution in [0.15, 0.2) is 0 Å². The Morgan fingerprint density at radius 1 is 0.625 bits per heavy atom. The van der Waals surface area contributed by atoms with E-state index >= 15 is 0 Å². The Hall–Kier alpha value is -0.491. The minimum atomic E-state index is -1.05. The first-order chi connectivity index (χ1) is 7.35. The van der Waals surface area contributed by atoms with E-state index in [0.29, 0.717) is 0 Å². The zero-order valence-electron chi connectivity index (χ0n) is 8.66. The van der Waals surface area contributed by atoms with Gasteiger partial charge in [0.2, 0.25) is 0 Å². The molecule has 0 N–H and O–H groups in total. The summed E-state index contributed by atoms with van der Waals surface area (Å²) in [6.45, 7) is 18.0. The average Bonchev–Trinajstić information content (AvgIpc) is 2.41. The maximum Gasteiger partial charge on any atom is 0.331 e. The van der Waals surface area contributed by atoms with Crippen LogP contribution in [-0.2, 0) is 49.8 Å². The third kappa shape index (κ3) is 69.6. The van der Waals surface area contributed by atoms with Crippen LogP contribution in [0.1, 0.15) is 0 Å². The second-order valence-electron chi connectivity index (χ2n) is 0.771. The van der Waals surface area contributed by atoms with E-state index in [1.807, 2.05) is 0 Å². The molecule has 0 aromatic carbocycles. The van der Waals surface area contributed by atoms with E-state index in [9.17, 15) is 0 Å². The van der Waals surface area contributed by atoms with Gasteiger partial charge in [0.25, 0.3) is 27.2 Å². The average molecular weight is 292 g/mol. The first-order valence-corrected chi connectivity index (χ1v) is 3.68. The molecule has 0 saturated carbocycles. The van der Waals surface area contributed by atoms with Crippen molar-refractivity contribution in [3.05, 3.63) is 0 Å². The molecule has 8 radical (unpaired) electrons. The van der Waals surface area contributed by atoms with Gasteiger partial charge in [-0.1, -0.05) is 0 Å². The molecule has 0 aliphatic heterocycles. The second kappa shape index (κ2) is 87.2. The fourth-order valence-electron chi connectivity index (χ4n) is 0.224. The molecule has 0 fully saturated rings. The molecule has 0 aromatic heterocycles. The van der Waals surface area contributed by atoms with Crippen LogP contribution in [0.5, 0.6) is 0 Å². The molecule has 0 saturated heterocycles. The minimum Gasteiger partial charge on any atom is -0.316 e. The van der Waals surface area contributed by atoms with Gasteiger partial charge in [-0.3, -0.25) is 19.2 Å². The monoisotopic (exact) mass is 292 g/mol. The van der Waals surface area contributed by atoms with Crippen molar-refractivity contribution in [2.45, 2.75) is 0 Å². The molecule has 0 heterocycles. The van der Waals surface area contributed by atoms with Gasteiger partial charge >= 0.3 is 8.60 Å². The van der Waals surface area contributed by atoms with E-state index in [2.05, 4.69) is 40.7 Å². The summed E-state index contributed by atoms with van der Waals surface area (Å²) in [6, 6.07) is 0. The van der Waals surface area contributed by atoms with Crippen LogP contribution in [0.25, 0.3) is 0 Å². The van der Waals surface area contributed by atoms with Crippen molar-refractivity contribution in [2.24, 2.45) is 0 Å². The summed E-state index contributed by atoms with van der Waals surface area (Å²) in [5, 5.41) is 0. The molecule has 0 aromatic rings. The summed E-state index contributed by atoms with van der Waals surface area (Å²) in [7, 11) is 3.57. The summed E-state index contributed by atoms with van der Waals surface area (Å²) in [4.78, 5) is 30.0. The quantitative estimate of drug-likeness (QED) is 0.514. The minimum absolute atomic E-state index is 0. The molecule has 0 rings (SSSR count). The predicted octanol–water partition coefficient (Wildman–Crippen LogP) is -0.438. The van der Waals surface area contributed by atoms with E-state index in [1.54, 1.807) is 21.3 Å². The molecule has 92 valence electrons. The molecule has 0 unspecified atom stereocenters. The van der Waals surface area contributed by atoms with Crippen LogP contribution in [0.3, 0.4) is 0 Å². The SMILES string of the molecule is COP(OC)OC.[C]=O.[C]=O.[C]=O.[C]=O.[Fe]. The van der Waals surface area contributed by atoms with Crippen LogP contribution < -0.4 is 0 Å². The van der Waals surface area contributed by atoms with Gasteiger partial charge in [0, 0.05) is 38.4 Å². The summed E-state index contributed by atoms with van der Waals surface area (Å²) in [6.07, 6.45) is 0. The van der Waals surface area contributed by atoms with Crippen LogP contribution in [-0.4, -0.2) is 48.5 Å². The Morgan fingerprint density at radius 2 is 0.750 bits per heavy atom. The van der Waals surface area contributed by atoms with E-state index in [-0.39, 0.29) is 17.1 Å². The molecule has 0 amide bonds. The van der Waals surface area contributed by atoms with E-state index in [1.165, 1.54) is 0 Å². The van der Waals surface area contributed by atoms with Crippen LogP contribution in [0, 0.1) is 0 Å². The summed E-state index contributed by atoms with van der Waals surface area (Å²) < 4.78 is 14.0. The number of carbonyl (C=O) groups excluding carboxylic acids is 4. The van der Waals surface area contributed by atoms with E-state index in [4.69, 9.17) is 19.2 Å². The molecule has 0 aliphatic rings. The van der Waals surface area contributed by atoms with Gasteiger partial charge in [-0.15, -0.1) is 0 Å². The van der Waals surface area contributed by atoms with Crippen molar-refractivity contribution in [1.29, 1.82) is 0 Å². The fourth-order valence-corrected chi connectivity index (χ4v) is 0.671.